The summed E-state index contributed by atoms with van der Waals surface area (Å²) in [5.41, 5.74) is 4.25. The molecule has 2 aliphatic heterocycles. The minimum Gasteiger partial charge on any atom is -0.493 e. The highest BCUT2D eigenvalue weighted by Crippen LogP contribution is 2.41. The van der Waals surface area contributed by atoms with Crippen LogP contribution in [0.25, 0.3) is 10.9 Å². The predicted octanol–water partition coefficient (Wildman–Crippen LogP) is 2.45. The van der Waals surface area contributed by atoms with Crippen LogP contribution in [0.4, 0.5) is 5.95 Å². The third kappa shape index (κ3) is 3.91. The number of hydrogen-bond acceptors (Lipinski definition) is 8. The van der Waals surface area contributed by atoms with Crippen molar-refractivity contribution in [1.82, 2.24) is 15.3 Å². The molecule has 5 rings (SSSR count). The number of aromatic amines is 1. The lowest BCUT2D eigenvalue weighted by molar-refractivity contribution is 0.327. The van der Waals surface area contributed by atoms with Crippen LogP contribution in [0, 0.1) is 0 Å². The number of hydrogen-bond donors (Lipinski definition) is 2. The van der Waals surface area contributed by atoms with Crippen LogP contribution >= 0.6 is 0 Å². The molecule has 0 saturated heterocycles. The van der Waals surface area contributed by atoms with Crippen LogP contribution in [0.2, 0.25) is 0 Å². The maximum Gasteiger partial charge on any atom is 0.286 e. The van der Waals surface area contributed by atoms with Gasteiger partial charge in [0.05, 0.1) is 39.2 Å². The summed E-state index contributed by atoms with van der Waals surface area (Å²) >= 11 is 0. The molecule has 9 nitrogen and oxygen atoms in total. The van der Waals surface area contributed by atoms with Crippen LogP contribution in [0.1, 0.15) is 23.1 Å². The van der Waals surface area contributed by atoms with Gasteiger partial charge in [0.2, 0.25) is 11.7 Å². The van der Waals surface area contributed by atoms with E-state index in [0.717, 1.165) is 44.7 Å². The van der Waals surface area contributed by atoms with Gasteiger partial charge in [-0.15, -0.1) is 0 Å². The highest BCUT2D eigenvalue weighted by Gasteiger charge is 2.24. The summed E-state index contributed by atoms with van der Waals surface area (Å²) in [7, 11) is 4.57. The predicted molar refractivity (Wildman–Crippen MR) is 132 cm³/mol. The van der Waals surface area contributed by atoms with Crippen molar-refractivity contribution in [2.45, 2.75) is 25.8 Å². The van der Waals surface area contributed by atoms with E-state index >= 15 is 0 Å². The largest absolute Gasteiger partial charge is 0.493 e. The van der Waals surface area contributed by atoms with Crippen molar-refractivity contribution < 1.29 is 14.2 Å². The number of benzene rings is 2. The van der Waals surface area contributed by atoms with E-state index in [0.29, 0.717) is 40.6 Å². The molecular weight excluding hydrogens is 434 g/mol. The lowest BCUT2D eigenvalue weighted by Gasteiger charge is -2.31. The number of anilines is 1. The molecule has 0 atom stereocenters. The van der Waals surface area contributed by atoms with E-state index in [1.807, 2.05) is 0 Å². The van der Waals surface area contributed by atoms with Gasteiger partial charge in [-0.2, -0.15) is 4.98 Å². The fourth-order valence-electron chi connectivity index (χ4n) is 4.89. The van der Waals surface area contributed by atoms with Gasteiger partial charge in [-0.3, -0.25) is 9.79 Å². The number of nitrogens with one attached hydrogen (secondary N) is 2. The Morgan fingerprint density at radius 1 is 1.09 bits per heavy atom. The van der Waals surface area contributed by atoms with E-state index in [1.54, 1.807) is 13.2 Å². The Labute approximate surface area is 197 Å². The second-order valence-corrected chi connectivity index (χ2v) is 8.42. The number of aryl methyl sites for hydroxylation is 1. The summed E-state index contributed by atoms with van der Waals surface area (Å²) in [5, 5.41) is 3.69. The molecule has 178 valence electrons. The Balaban J connectivity index is 1.45. The van der Waals surface area contributed by atoms with E-state index < -0.39 is 0 Å². The summed E-state index contributed by atoms with van der Waals surface area (Å²) < 4.78 is 16.4. The van der Waals surface area contributed by atoms with Crippen LogP contribution in [0.15, 0.2) is 34.1 Å². The van der Waals surface area contributed by atoms with Gasteiger partial charge < -0.3 is 29.4 Å². The Hall–Kier alpha value is -3.75. The van der Waals surface area contributed by atoms with E-state index in [1.165, 1.54) is 30.9 Å². The standard InChI is InChI=1S/C25H29N5O4/c1-32-19-13-18-21(23(34-3)22(19)33-2)24(31)29-25(28-18)30-12-9-17-15(5-4-6-16(17)14-30)7-8-20-26-10-11-27-20/h4-6,13H,7-12,14H2,1-3H3,(H,26,27)(H,28,29,31). The quantitative estimate of drug-likeness (QED) is 0.555. The average molecular weight is 464 g/mol. The Morgan fingerprint density at radius 2 is 1.94 bits per heavy atom. The van der Waals surface area contributed by atoms with E-state index in [9.17, 15) is 4.79 Å². The minimum absolute atomic E-state index is 0.312. The number of aliphatic imine (C=N–C) groups is 1. The van der Waals surface area contributed by atoms with Crippen molar-refractivity contribution in [2.75, 3.05) is 45.9 Å². The van der Waals surface area contributed by atoms with Crippen molar-refractivity contribution >= 4 is 22.7 Å². The summed E-state index contributed by atoms with van der Waals surface area (Å²) in [5.74, 6) is 2.81. The Bertz CT molecular complexity index is 1320. The maximum absolute atomic E-state index is 13.0. The Kier molecular flexibility index (Phi) is 6.00. The summed E-state index contributed by atoms with van der Waals surface area (Å²) in [6.07, 6.45) is 2.80. The zero-order valence-corrected chi connectivity index (χ0v) is 19.7. The number of methoxy groups -OCH3 is 3. The van der Waals surface area contributed by atoms with Crippen LogP contribution in [0.5, 0.6) is 17.2 Å². The first kappa shape index (κ1) is 22.1. The Morgan fingerprint density at radius 3 is 2.68 bits per heavy atom. The molecule has 1 aromatic heterocycles. The van der Waals surface area contributed by atoms with Crippen molar-refractivity contribution in [3.63, 3.8) is 0 Å². The molecule has 0 unspecified atom stereocenters. The van der Waals surface area contributed by atoms with Crippen LogP contribution in [0.3, 0.4) is 0 Å². The zero-order chi connectivity index (χ0) is 23.7. The molecule has 0 spiro atoms. The van der Waals surface area contributed by atoms with Gasteiger partial charge >= 0.3 is 0 Å². The lowest BCUT2D eigenvalue weighted by atomic mass is 9.92. The SMILES string of the molecule is COc1cc2[nH]c(N3CCc4c(CCC5=NCCN5)cccc4C3)nc(=O)c2c(OC)c1OC. The molecule has 0 amide bonds. The van der Waals surface area contributed by atoms with Gasteiger partial charge in [0.25, 0.3) is 5.56 Å². The number of nitrogens with zero attached hydrogens (tertiary/aromatic N) is 3. The van der Waals surface area contributed by atoms with Crippen molar-refractivity contribution in [3.05, 3.63) is 51.3 Å². The van der Waals surface area contributed by atoms with Crippen LogP contribution in [-0.4, -0.2) is 56.8 Å². The number of amidine groups is 1. The smallest absolute Gasteiger partial charge is 0.286 e. The molecule has 0 radical (unpaired) electrons. The highest BCUT2D eigenvalue weighted by molar-refractivity contribution is 5.90. The molecule has 3 aromatic rings. The number of fused-ring (bicyclic) bond motifs is 2. The lowest BCUT2D eigenvalue weighted by Crippen LogP contribution is -2.33. The second kappa shape index (κ2) is 9.24. The van der Waals surface area contributed by atoms with Gasteiger partial charge in [-0.05, 0) is 29.5 Å². The molecule has 0 fully saturated rings. The third-order valence-electron chi connectivity index (χ3n) is 6.53. The van der Waals surface area contributed by atoms with Crippen molar-refractivity contribution in [2.24, 2.45) is 4.99 Å². The molecule has 9 heteroatoms. The summed E-state index contributed by atoms with van der Waals surface area (Å²) in [6, 6.07) is 8.23. The van der Waals surface area contributed by atoms with Gasteiger partial charge in [0, 0.05) is 32.1 Å². The maximum atomic E-state index is 13.0. The molecule has 2 aromatic carbocycles. The monoisotopic (exact) mass is 463 g/mol. The van der Waals surface area contributed by atoms with Gasteiger partial charge in [-0.25, -0.2) is 0 Å². The van der Waals surface area contributed by atoms with Crippen LogP contribution < -0.4 is 30.0 Å². The van der Waals surface area contributed by atoms with Gasteiger partial charge in [-0.1, -0.05) is 18.2 Å². The fourth-order valence-corrected chi connectivity index (χ4v) is 4.89. The van der Waals surface area contributed by atoms with Crippen molar-refractivity contribution in [3.8, 4) is 17.2 Å². The molecule has 0 bridgehead atoms. The molecular formula is C25H29N5O4. The fraction of sp³-hybridized carbons (Fsp3) is 0.400. The van der Waals surface area contributed by atoms with Crippen LogP contribution in [-0.2, 0) is 19.4 Å². The number of H-pyrrole nitrogens is 1. The van der Waals surface area contributed by atoms with Crippen molar-refractivity contribution in [1.29, 1.82) is 0 Å². The van der Waals surface area contributed by atoms with Gasteiger partial charge in [0.15, 0.2) is 11.5 Å². The zero-order valence-electron chi connectivity index (χ0n) is 19.7. The number of ether oxygens (including phenoxy) is 3. The third-order valence-corrected chi connectivity index (χ3v) is 6.53. The molecule has 0 aliphatic carbocycles. The van der Waals surface area contributed by atoms with Gasteiger partial charge in [0.1, 0.15) is 5.39 Å². The molecule has 2 N–H and O–H groups in total. The molecule has 2 aliphatic rings. The van der Waals surface area contributed by atoms with E-state index in [-0.39, 0.29) is 5.56 Å². The highest BCUT2D eigenvalue weighted by atomic mass is 16.5. The first-order chi connectivity index (χ1) is 16.6. The molecule has 34 heavy (non-hydrogen) atoms. The summed E-state index contributed by atoms with van der Waals surface area (Å²) in [6.45, 7) is 3.26. The topological polar surface area (TPSA) is 101 Å². The first-order valence-electron chi connectivity index (χ1n) is 11.5. The van der Waals surface area contributed by atoms with E-state index in [2.05, 4.69) is 43.4 Å². The molecule has 3 heterocycles. The minimum atomic E-state index is -0.370. The summed E-state index contributed by atoms with van der Waals surface area (Å²) in [4.78, 5) is 27.4. The normalized spacial score (nSPS) is 15.0. The second-order valence-electron chi connectivity index (χ2n) is 8.42. The average Bonchev–Trinajstić information content (AvgIpc) is 3.39. The number of aromatic nitrogens is 2. The van der Waals surface area contributed by atoms with E-state index in [4.69, 9.17) is 14.2 Å². The molecule has 0 saturated carbocycles. The number of rotatable bonds is 7. The first-order valence-corrected chi connectivity index (χ1v) is 11.5.